The lowest BCUT2D eigenvalue weighted by Gasteiger charge is -2.37. The summed E-state index contributed by atoms with van der Waals surface area (Å²) in [5.74, 6) is 0.147. The van der Waals surface area contributed by atoms with Crippen molar-refractivity contribution in [1.82, 2.24) is 10.2 Å². The van der Waals surface area contributed by atoms with Crippen LogP contribution in [-0.4, -0.2) is 56.6 Å². The van der Waals surface area contributed by atoms with E-state index in [0.717, 1.165) is 37.6 Å². The lowest BCUT2D eigenvalue weighted by Crippen LogP contribution is -2.56. The Hall–Kier alpha value is -1.59. The van der Waals surface area contributed by atoms with Crippen LogP contribution in [0.5, 0.6) is 0 Å². The van der Waals surface area contributed by atoms with Crippen molar-refractivity contribution in [2.24, 2.45) is 0 Å². The van der Waals surface area contributed by atoms with Crippen LogP contribution >= 0.6 is 0 Å². The monoisotopic (exact) mass is 260 g/mol. The fraction of sp³-hybridized carbons (Fsp3) is 0.500. The normalized spacial score (nSPS) is 23.9. The second-order valence-corrected chi connectivity index (χ2v) is 5.29. The summed E-state index contributed by atoms with van der Waals surface area (Å²) in [6, 6.07) is 8.34. The number of carbonyl (C=O) groups is 1. The van der Waals surface area contributed by atoms with Crippen LogP contribution < -0.4 is 15.5 Å². The minimum atomic E-state index is 0.147. The van der Waals surface area contributed by atoms with Crippen molar-refractivity contribution in [3.63, 3.8) is 0 Å². The summed E-state index contributed by atoms with van der Waals surface area (Å²) in [5.41, 5.74) is 2.04. The molecule has 1 unspecified atom stereocenters. The summed E-state index contributed by atoms with van der Waals surface area (Å²) in [4.78, 5) is 16.3. The van der Waals surface area contributed by atoms with Gasteiger partial charge < -0.3 is 20.4 Å². The van der Waals surface area contributed by atoms with E-state index >= 15 is 0 Å². The zero-order chi connectivity index (χ0) is 13.2. The summed E-state index contributed by atoms with van der Waals surface area (Å²) in [6.45, 7) is 4.17. The predicted octanol–water partition coefficient (Wildman–Crippen LogP) is 0.349. The van der Waals surface area contributed by atoms with Crippen molar-refractivity contribution in [3.8, 4) is 0 Å². The zero-order valence-electron chi connectivity index (χ0n) is 11.2. The van der Waals surface area contributed by atoms with Gasteiger partial charge in [0.05, 0.1) is 17.9 Å². The van der Waals surface area contributed by atoms with Crippen molar-refractivity contribution < 1.29 is 4.79 Å². The lowest BCUT2D eigenvalue weighted by atomic mass is 10.1. The Morgan fingerprint density at radius 2 is 2.21 bits per heavy atom. The number of amides is 1. The molecule has 19 heavy (non-hydrogen) atoms. The number of benzene rings is 1. The van der Waals surface area contributed by atoms with Gasteiger partial charge in [0.1, 0.15) is 0 Å². The van der Waals surface area contributed by atoms with E-state index in [2.05, 4.69) is 22.6 Å². The van der Waals surface area contributed by atoms with Gasteiger partial charge in [-0.05, 0) is 19.2 Å². The van der Waals surface area contributed by atoms with E-state index < -0.39 is 0 Å². The molecule has 2 aliphatic rings. The smallest absolute Gasteiger partial charge is 0.246 e. The molecule has 0 saturated carbocycles. The maximum absolute atomic E-state index is 12.1. The van der Waals surface area contributed by atoms with E-state index in [4.69, 9.17) is 0 Å². The Morgan fingerprint density at radius 1 is 1.37 bits per heavy atom. The van der Waals surface area contributed by atoms with Crippen LogP contribution in [0.2, 0.25) is 0 Å². The van der Waals surface area contributed by atoms with Gasteiger partial charge in [-0.2, -0.15) is 0 Å². The van der Waals surface area contributed by atoms with E-state index in [1.807, 2.05) is 29.2 Å². The van der Waals surface area contributed by atoms with Crippen LogP contribution in [0.15, 0.2) is 24.3 Å². The van der Waals surface area contributed by atoms with Gasteiger partial charge in [0.15, 0.2) is 0 Å². The molecule has 0 bridgehead atoms. The van der Waals surface area contributed by atoms with Gasteiger partial charge in [0.25, 0.3) is 0 Å². The van der Waals surface area contributed by atoms with Crippen molar-refractivity contribution >= 4 is 17.3 Å². The van der Waals surface area contributed by atoms with E-state index in [1.165, 1.54) is 0 Å². The molecule has 0 aromatic heterocycles. The molecule has 1 fully saturated rings. The molecule has 5 nitrogen and oxygen atoms in total. The number of fused-ring (bicyclic) bond motifs is 1. The van der Waals surface area contributed by atoms with Crippen LogP contribution in [0.1, 0.15) is 0 Å². The number of piperazine rings is 1. The maximum atomic E-state index is 12.1. The highest BCUT2D eigenvalue weighted by atomic mass is 16.2. The molecular formula is C14H20N4O. The minimum absolute atomic E-state index is 0.147. The Labute approximate surface area is 113 Å². The predicted molar refractivity (Wildman–Crippen MR) is 76.6 cm³/mol. The molecule has 2 aliphatic heterocycles. The Morgan fingerprint density at radius 3 is 3.05 bits per heavy atom. The summed E-state index contributed by atoms with van der Waals surface area (Å²) >= 11 is 0. The Bertz CT molecular complexity index is 476. The van der Waals surface area contributed by atoms with Gasteiger partial charge in [0.2, 0.25) is 5.91 Å². The molecule has 2 N–H and O–H groups in total. The molecule has 0 radical (unpaired) electrons. The second kappa shape index (κ2) is 5.19. The van der Waals surface area contributed by atoms with Crippen LogP contribution in [-0.2, 0) is 4.79 Å². The Balaban J connectivity index is 1.78. The molecule has 2 heterocycles. The number of rotatable bonds is 2. The van der Waals surface area contributed by atoms with E-state index in [1.54, 1.807) is 0 Å². The maximum Gasteiger partial charge on any atom is 0.246 e. The summed E-state index contributed by atoms with van der Waals surface area (Å²) in [5, 5.41) is 6.66. The largest absolute Gasteiger partial charge is 0.374 e. The molecule has 102 valence electrons. The first kappa shape index (κ1) is 12.4. The highest BCUT2D eigenvalue weighted by molar-refractivity contribution is 6.02. The topological polar surface area (TPSA) is 47.6 Å². The first-order chi connectivity index (χ1) is 9.24. The molecule has 3 rings (SSSR count). The quantitative estimate of drug-likeness (QED) is 0.805. The number of carbonyl (C=O) groups excluding carboxylic acids is 1. The molecule has 1 saturated heterocycles. The van der Waals surface area contributed by atoms with Crippen molar-refractivity contribution in [3.05, 3.63) is 24.3 Å². The SMILES string of the molecule is CN1CCNC(CN2C(=O)CNc3ccccc32)C1. The molecule has 1 aromatic carbocycles. The van der Waals surface area contributed by atoms with Crippen LogP contribution in [0, 0.1) is 0 Å². The van der Waals surface area contributed by atoms with Crippen molar-refractivity contribution in [1.29, 1.82) is 0 Å². The van der Waals surface area contributed by atoms with Crippen molar-refractivity contribution in [2.45, 2.75) is 6.04 Å². The van der Waals surface area contributed by atoms with Crippen molar-refractivity contribution in [2.75, 3.05) is 50.0 Å². The lowest BCUT2D eigenvalue weighted by molar-refractivity contribution is -0.117. The molecule has 1 atom stereocenters. The van der Waals surface area contributed by atoms with Gasteiger partial charge >= 0.3 is 0 Å². The fourth-order valence-electron chi connectivity index (χ4n) is 2.79. The molecule has 5 heteroatoms. The van der Waals surface area contributed by atoms with Gasteiger partial charge in [-0.25, -0.2) is 0 Å². The summed E-state index contributed by atoms with van der Waals surface area (Å²) < 4.78 is 0. The molecule has 1 aromatic rings. The minimum Gasteiger partial charge on any atom is -0.374 e. The third-order valence-corrected chi connectivity index (χ3v) is 3.79. The number of hydrogen-bond acceptors (Lipinski definition) is 4. The standard InChI is InChI=1S/C14H20N4O/c1-17-7-6-15-11(9-17)10-18-13-5-3-2-4-12(13)16-8-14(18)19/h2-5,11,15-16H,6-10H2,1H3. The van der Waals surface area contributed by atoms with E-state index in [0.29, 0.717) is 12.6 Å². The number of hydrogen-bond donors (Lipinski definition) is 2. The average molecular weight is 260 g/mol. The third kappa shape index (κ3) is 2.57. The van der Waals surface area contributed by atoms with Gasteiger partial charge in [-0.3, -0.25) is 4.79 Å². The third-order valence-electron chi connectivity index (χ3n) is 3.79. The molecule has 1 amide bonds. The average Bonchev–Trinajstić information content (AvgIpc) is 2.42. The number of nitrogens with one attached hydrogen (secondary N) is 2. The first-order valence-corrected chi connectivity index (χ1v) is 6.79. The second-order valence-electron chi connectivity index (χ2n) is 5.29. The Kier molecular flexibility index (Phi) is 3.40. The number of para-hydroxylation sites is 2. The van der Waals surface area contributed by atoms with Gasteiger partial charge in [0, 0.05) is 32.2 Å². The summed E-state index contributed by atoms with van der Waals surface area (Å²) in [6.07, 6.45) is 0. The molecule has 0 aliphatic carbocycles. The van der Waals surface area contributed by atoms with E-state index in [9.17, 15) is 4.79 Å². The van der Waals surface area contributed by atoms with Gasteiger partial charge in [-0.1, -0.05) is 12.1 Å². The fourth-order valence-corrected chi connectivity index (χ4v) is 2.79. The van der Waals surface area contributed by atoms with Crippen LogP contribution in [0.25, 0.3) is 0 Å². The number of likely N-dealkylation sites (N-methyl/N-ethyl adjacent to an activating group) is 1. The number of nitrogens with zero attached hydrogens (tertiary/aromatic N) is 2. The summed E-state index contributed by atoms with van der Waals surface area (Å²) in [7, 11) is 2.13. The highest BCUT2D eigenvalue weighted by Crippen LogP contribution is 2.29. The zero-order valence-corrected chi connectivity index (χ0v) is 11.2. The van der Waals surface area contributed by atoms with Gasteiger partial charge in [-0.15, -0.1) is 0 Å². The number of anilines is 2. The molecular weight excluding hydrogens is 240 g/mol. The van der Waals surface area contributed by atoms with E-state index in [-0.39, 0.29) is 5.91 Å². The van der Waals surface area contributed by atoms with Crippen LogP contribution in [0.4, 0.5) is 11.4 Å². The van der Waals surface area contributed by atoms with Crippen LogP contribution in [0.3, 0.4) is 0 Å². The molecule has 0 spiro atoms. The first-order valence-electron chi connectivity index (χ1n) is 6.79. The highest BCUT2D eigenvalue weighted by Gasteiger charge is 2.27.